The van der Waals surface area contributed by atoms with Crippen molar-refractivity contribution in [3.8, 4) is 6.07 Å². The number of halogens is 1. The quantitative estimate of drug-likeness (QED) is 0.762. The molecule has 2 unspecified atom stereocenters. The van der Waals surface area contributed by atoms with Crippen LogP contribution in [-0.2, 0) is 4.74 Å². The van der Waals surface area contributed by atoms with Gasteiger partial charge in [-0.1, -0.05) is 0 Å². The number of anilines is 1. The molecule has 5 heteroatoms. The van der Waals surface area contributed by atoms with Crippen molar-refractivity contribution in [3.05, 3.63) is 29.6 Å². The average Bonchev–Trinajstić information content (AvgIpc) is 2.83. The Morgan fingerprint density at radius 1 is 1.42 bits per heavy atom. The Morgan fingerprint density at radius 2 is 2.26 bits per heavy atom. The highest BCUT2D eigenvalue weighted by molar-refractivity contribution is 5.60. The van der Waals surface area contributed by atoms with Gasteiger partial charge in [0.05, 0.1) is 30.0 Å². The van der Waals surface area contributed by atoms with Crippen LogP contribution in [0.5, 0.6) is 0 Å². The van der Waals surface area contributed by atoms with E-state index >= 15 is 0 Å². The van der Waals surface area contributed by atoms with Crippen molar-refractivity contribution in [1.82, 2.24) is 4.90 Å². The molecule has 0 spiro atoms. The van der Waals surface area contributed by atoms with Crippen LogP contribution in [-0.4, -0.2) is 50.3 Å². The molecule has 2 atom stereocenters. The minimum Gasteiger partial charge on any atom is -0.373 e. The van der Waals surface area contributed by atoms with Gasteiger partial charge in [-0.15, -0.1) is 0 Å². The molecule has 2 heterocycles. The zero-order valence-electron chi connectivity index (χ0n) is 10.8. The normalized spacial score (nSPS) is 27.1. The van der Waals surface area contributed by atoms with Crippen LogP contribution in [0.25, 0.3) is 0 Å². The van der Waals surface area contributed by atoms with Gasteiger partial charge < -0.3 is 9.64 Å². The van der Waals surface area contributed by atoms with E-state index in [1.165, 1.54) is 12.1 Å². The number of fused-ring (bicyclic) bond motifs is 1. The molecule has 2 fully saturated rings. The maximum Gasteiger partial charge on any atom is 0.124 e. The second kappa shape index (κ2) is 4.80. The molecule has 3 rings (SSSR count). The van der Waals surface area contributed by atoms with E-state index in [-0.39, 0.29) is 11.9 Å². The van der Waals surface area contributed by atoms with Gasteiger partial charge in [0.25, 0.3) is 0 Å². The first-order chi connectivity index (χ1) is 9.19. The van der Waals surface area contributed by atoms with Crippen molar-refractivity contribution in [1.29, 1.82) is 5.26 Å². The first-order valence-corrected chi connectivity index (χ1v) is 6.45. The number of hydrogen-bond acceptors (Lipinski definition) is 4. The van der Waals surface area contributed by atoms with Gasteiger partial charge in [-0.3, -0.25) is 4.90 Å². The van der Waals surface area contributed by atoms with E-state index in [2.05, 4.69) is 22.9 Å². The fourth-order valence-corrected chi connectivity index (χ4v) is 2.93. The number of nitriles is 1. The first kappa shape index (κ1) is 12.4. The first-order valence-electron chi connectivity index (χ1n) is 6.45. The fraction of sp³-hybridized carbons (Fsp3) is 0.500. The summed E-state index contributed by atoms with van der Waals surface area (Å²) in [6, 6.07) is 6.81. The van der Waals surface area contributed by atoms with E-state index in [9.17, 15) is 4.39 Å². The monoisotopic (exact) mass is 261 g/mol. The molecule has 2 aliphatic heterocycles. The zero-order chi connectivity index (χ0) is 13.4. The van der Waals surface area contributed by atoms with E-state index in [1.54, 1.807) is 6.07 Å². The van der Waals surface area contributed by atoms with Gasteiger partial charge in [-0.2, -0.15) is 5.26 Å². The van der Waals surface area contributed by atoms with Crippen molar-refractivity contribution in [2.75, 3.05) is 38.2 Å². The Morgan fingerprint density at radius 3 is 3.00 bits per heavy atom. The Labute approximate surface area is 112 Å². The van der Waals surface area contributed by atoms with E-state index in [0.29, 0.717) is 11.6 Å². The number of rotatable bonds is 1. The van der Waals surface area contributed by atoms with Crippen LogP contribution in [0.2, 0.25) is 0 Å². The lowest BCUT2D eigenvalue weighted by molar-refractivity contribution is -0.0362. The Balaban J connectivity index is 1.87. The number of benzene rings is 1. The molecule has 0 saturated carbocycles. The minimum absolute atomic E-state index is 0.176. The third-order valence-corrected chi connectivity index (χ3v) is 4.00. The standard InChI is InChI=1S/C14H16FN3O/c1-17-4-5-19-14-9-18(8-13(14)17)12-3-2-11(15)6-10(12)7-16/h2-3,6,13-14H,4-5,8-9H2,1H3. The third-order valence-electron chi connectivity index (χ3n) is 4.00. The lowest BCUT2D eigenvalue weighted by atomic mass is 10.1. The van der Waals surface area contributed by atoms with Crippen LogP contribution in [0, 0.1) is 17.1 Å². The van der Waals surface area contributed by atoms with Crippen LogP contribution < -0.4 is 4.90 Å². The van der Waals surface area contributed by atoms with Gasteiger partial charge in [0.1, 0.15) is 11.9 Å². The Kier molecular flexibility index (Phi) is 3.13. The molecular weight excluding hydrogens is 245 g/mol. The van der Waals surface area contributed by atoms with Gasteiger partial charge in [0.15, 0.2) is 0 Å². The van der Waals surface area contributed by atoms with Crippen molar-refractivity contribution in [3.63, 3.8) is 0 Å². The second-order valence-corrected chi connectivity index (χ2v) is 5.14. The molecule has 1 aromatic carbocycles. The number of ether oxygens (including phenoxy) is 1. The van der Waals surface area contributed by atoms with Crippen LogP contribution >= 0.6 is 0 Å². The molecular formula is C14H16FN3O. The summed E-state index contributed by atoms with van der Waals surface area (Å²) in [4.78, 5) is 4.42. The SMILES string of the molecule is CN1CCOC2CN(c3ccc(F)cc3C#N)CC21. The fourth-order valence-electron chi connectivity index (χ4n) is 2.93. The topological polar surface area (TPSA) is 39.5 Å². The molecule has 2 saturated heterocycles. The molecule has 0 aromatic heterocycles. The van der Waals surface area contributed by atoms with Crippen LogP contribution in [0.4, 0.5) is 10.1 Å². The molecule has 0 amide bonds. The summed E-state index contributed by atoms with van der Waals surface area (Å²) in [6.07, 6.45) is 0.176. The summed E-state index contributed by atoms with van der Waals surface area (Å²) in [7, 11) is 2.10. The molecule has 0 radical (unpaired) electrons. The van der Waals surface area contributed by atoms with Gasteiger partial charge >= 0.3 is 0 Å². The highest BCUT2D eigenvalue weighted by atomic mass is 19.1. The molecule has 4 nitrogen and oxygen atoms in total. The summed E-state index contributed by atoms with van der Waals surface area (Å²) in [5, 5.41) is 9.13. The van der Waals surface area contributed by atoms with Crippen LogP contribution in [0.3, 0.4) is 0 Å². The predicted octanol–water partition coefficient (Wildman–Crippen LogP) is 1.22. The van der Waals surface area contributed by atoms with E-state index < -0.39 is 0 Å². The summed E-state index contributed by atoms with van der Waals surface area (Å²) < 4.78 is 19.0. The number of nitrogens with zero attached hydrogens (tertiary/aromatic N) is 3. The minimum atomic E-state index is -0.370. The summed E-state index contributed by atoms with van der Waals surface area (Å²) in [6.45, 7) is 3.26. The number of morpholine rings is 1. The zero-order valence-corrected chi connectivity index (χ0v) is 10.8. The van der Waals surface area contributed by atoms with Crippen molar-refractivity contribution >= 4 is 5.69 Å². The predicted molar refractivity (Wildman–Crippen MR) is 69.5 cm³/mol. The van der Waals surface area contributed by atoms with Gasteiger partial charge in [0.2, 0.25) is 0 Å². The Hall–Kier alpha value is -1.64. The molecule has 19 heavy (non-hydrogen) atoms. The largest absolute Gasteiger partial charge is 0.373 e. The molecule has 0 N–H and O–H groups in total. The molecule has 2 aliphatic rings. The summed E-state index contributed by atoms with van der Waals surface area (Å²) in [5.74, 6) is -0.370. The molecule has 100 valence electrons. The van der Waals surface area contributed by atoms with Crippen molar-refractivity contribution in [2.24, 2.45) is 0 Å². The Bertz CT molecular complexity index is 528. The third kappa shape index (κ3) is 2.18. The molecule has 0 aliphatic carbocycles. The molecule has 0 bridgehead atoms. The van der Waals surface area contributed by atoms with Gasteiger partial charge in [0, 0.05) is 19.6 Å². The van der Waals surface area contributed by atoms with Crippen molar-refractivity contribution in [2.45, 2.75) is 12.1 Å². The average molecular weight is 261 g/mol. The van der Waals surface area contributed by atoms with Gasteiger partial charge in [-0.05, 0) is 25.2 Å². The second-order valence-electron chi connectivity index (χ2n) is 5.14. The van der Waals surface area contributed by atoms with E-state index in [4.69, 9.17) is 10.00 Å². The highest BCUT2D eigenvalue weighted by Gasteiger charge is 2.39. The lowest BCUT2D eigenvalue weighted by Crippen LogP contribution is -2.48. The van der Waals surface area contributed by atoms with Gasteiger partial charge in [-0.25, -0.2) is 4.39 Å². The maximum atomic E-state index is 13.2. The maximum absolute atomic E-state index is 13.2. The van der Waals surface area contributed by atoms with Crippen LogP contribution in [0.15, 0.2) is 18.2 Å². The lowest BCUT2D eigenvalue weighted by Gasteiger charge is -2.33. The number of likely N-dealkylation sites (N-methyl/N-ethyl adjacent to an activating group) is 1. The smallest absolute Gasteiger partial charge is 0.124 e. The van der Waals surface area contributed by atoms with E-state index in [0.717, 1.165) is 31.9 Å². The summed E-state index contributed by atoms with van der Waals surface area (Å²) in [5.41, 5.74) is 1.19. The van der Waals surface area contributed by atoms with E-state index in [1.807, 2.05) is 0 Å². The van der Waals surface area contributed by atoms with Crippen molar-refractivity contribution < 1.29 is 9.13 Å². The highest BCUT2D eigenvalue weighted by Crippen LogP contribution is 2.29. The summed E-state index contributed by atoms with van der Waals surface area (Å²) >= 11 is 0. The number of hydrogen-bond donors (Lipinski definition) is 0. The molecule has 1 aromatic rings. The van der Waals surface area contributed by atoms with Crippen LogP contribution in [0.1, 0.15) is 5.56 Å².